The largest absolute Gasteiger partial charge is 0.494 e. The summed E-state index contributed by atoms with van der Waals surface area (Å²) in [6, 6.07) is 11.6. The predicted molar refractivity (Wildman–Crippen MR) is 98.6 cm³/mol. The molecule has 25 heavy (non-hydrogen) atoms. The Morgan fingerprint density at radius 3 is 2.64 bits per heavy atom. The number of aliphatic hydroxyl groups is 1. The van der Waals surface area contributed by atoms with Crippen LogP contribution in [-0.4, -0.2) is 26.7 Å². The monoisotopic (exact) mass is 383 g/mol. The minimum atomic E-state index is -3.64. The number of rotatable bonds is 8. The molecule has 0 saturated carbocycles. The van der Waals surface area contributed by atoms with Gasteiger partial charge in [-0.1, -0.05) is 23.7 Å². The SMILES string of the molecule is CCOc1ccc(S(=O)(=O)NCCC(O)c2cccc(Cl)c2)cc1C. The highest BCUT2D eigenvalue weighted by Crippen LogP contribution is 2.23. The zero-order valence-electron chi connectivity index (χ0n) is 14.2. The van der Waals surface area contributed by atoms with Crippen molar-refractivity contribution in [3.05, 3.63) is 58.6 Å². The van der Waals surface area contributed by atoms with Gasteiger partial charge in [0.15, 0.2) is 0 Å². The van der Waals surface area contributed by atoms with Gasteiger partial charge in [-0.3, -0.25) is 0 Å². The van der Waals surface area contributed by atoms with Gasteiger partial charge in [0.1, 0.15) is 5.75 Å². The van der Waals surface area contributed by atoms with Crippen molar-refractivity contribution in [1.29, 1.82) is 0 Å². The molecule has 0 heterocycles. The summed E-state index contributed by atoms with van der Waals surface area (Å²) in [4.78, 5) is 0.172. The minimum absolute atomic E-state index is 0.113. The molecule has 136 valence electrons. The molecule has 1 unspecified atom stereocenters. The van der Waals surface area contributed by atoms with E-state index >= 15 is 0 Å². The molecule has 0 aliphatic rings. The summed E-state index contributed by atoms with van der Waals surface area (Å²) in [5.41, 5.74) is 1.41. The molecule has 2 aromatic carbocycles. The Bertz CT molecular complexity index is 824. The Balaban J connectivity index is 1.98. The van der Waals surface area contributed by atoms with Crippen molar-refractivity contribution in [2.24, 2.45) is 0 Å². The van der Waals surface area contributed by atoms with Gasteiger partial charge in [0.25, 0.3) is 0 Å². The van der Waals surface area contributed by atoms with Crippen molar-refractivity contribution in [2.45, 2.75) is 31.3 Å². The lowest BCUT2D eigenvalue weighted by Crippen LogP contribution is -2.26. The maximum atomic E-state index is 12.4. The van der Waals surface area contributed by atoms with Gasteiger partial charge in [0, 0.05) is 11.6 Å². The molecule has 0 amide bonds. The van der Waals surface area contributed by atoms with E-state index in [1.54, 1.807) is 43.3 Å². The number of ether oxygens (including phenoxy) is 1. The Labute approximate surface area is 153 Å². The molecule has 2 aromatic rings. The number of hydrogen-bond donors (Lipinski definition) is 2. The van der Waals surface area contributed by atoms with Crippen LogP contribution in [0.25, 0.3) is 0 Å². The van der Waals surface area contributed by atoms with Crippen molar-refractivity contribution in [1.82, 2.24) is 4.72 Å². The number of aryl methyl sites for hydroxylation is 1. The van der Waals surface area contributed by atoms with Gasteiger partial charge >= 0.3 is 0 Å². The zero-order valence-corrected chi connectivity index (χ0v) is 15.8. The summed E-state index contributed by atoms with van der Waals surface area (Å²) in [6.45, 7) is 4.30. The van der Waals surface area contributed by atoms with Crippen LogP contribution in [0.5, 0.6) is 5.75 Å². The third kappa shape index (κ3) is 5.44. The summed E-state index contributed by atoms with van der Waals surface area (Å²) in [7, 11) is -3.64. The Morgan fingerprint density at radius 2 is 2.00 bits per heavy atom. The number of aliphatic hydroxyl groups excluding tert-OH is 1. The molecule has 0 saturated heterocycles. The Hall–Kier alpha value is -1.60. The van der Waals surface area contributed by atoms with Crippen LogP contribution in [0.15, 0.2) is 47.4 Å². The van der Waals surface area contributed by atoms with Gasteiger partial charge in [-0.15, -0.1) is 0 Å². The smallest absolute Gasteiger partial charge is 0.240 e. The van der Waals surface area contributed by atoms with Crippen molar-refractivity contribution in [3.63, 3.8) is 0 Å². The summed E-state index contributed by atoms with van der Waals surface area (Å²) in [5, 5.41) is 10.7. The second kappa shape index (κ2) is 8.67. The van der Waals surface area contributed by atoms with Gasteiger partial charge in [-0.25, -0.2) is 13.1 Å². The quantitative estimate of drug-likeness (QED) is 0.732. The lowest BCUT2D eigenvalue weighted by molar-refractivity contribution is 0.169. The first-order chi connectivity index (χ1) is 11.8. The van der Waals surface area contributed by atoms with Crippen LogP contribution < -0.4 is 9.46 Å². The lowest BCUT2D eigenvalue weighted by atomic mass is 10.1. The van der Waals surface area contributed by atoms with Crippen LogP contribution in [0, 0.1) is 6.92 Å². The molecule has 5 nitrogen and oxygen atoms in total. The summed E-state index contributed by atoms with van der Waals surface area (Å²) < 4.78 is 32.7. The van der Waals surface area contributed by atoms with Crippen LogP contribution in [-0.2, 0) is 10.0 Å². The molecule has 0 bridgehead atoms. The van der Waals surface area contributed by atoms with Crippen LogP contribution in [0.3, 0.4) is 0 Å². The Morgan fingerprint density at radius 1 is 1.24 bits per heavy atom. The Kier molecular flexibility index (Phi) is 6.84. The third-order valence-electron chi connectivity index (χ3n) is 3.70. The second-order valence-corrected chi connectivity index (χ2v) is 7.82. The van der Waals surface area contributed by atoms with E-state index in [2.05, 4.69) is 4.72 Å². The van der Waals surface area contributed by atoms with E-state index in [0.717, 1.165) is 5.56 Å². The standard InChI is InChI=1S/C18H22ClNO4S/c1-3-24-18-8-7-16(11-13(18)2)25(22,23)20-10-9-17(21)14-5-4-6-15(19)12-14/h4-8,11-12,17,20-21H,3,9-10H2,1-2H3. The average Bonchev–Trinajstić information content (AvgIpc) is 2.56. The molecule has 0 spiro atoms. The normalized spacial score (nSPS) is 12.8. The van der Waals surface area contributed by atoms with E-state index in [1.165, 1.54) is 6.07 Å². The molecule has 1 atom stereocenters. The summed E-state index contributed by atoms with van der Waals surface area (Å²) in [6.07, 6.45) is -0.543. The van der Waals surface area contributed by atoms with E-state index < -0.39 is 16.1 Å². The second-order valence-electron chi connectivity index (χ2n) is 5.62. The highest BCUT2D eigenvalue weighted by atomic mass is 35.5. The van der Waals surface area contributed by atoms with Crippen molar-refractivity contribution >= 4 is 21.6 Å². The van der Waals surface area contributed by atoms with Gasteiger partial charge < -0.3 is 9.84 Å². The number of halogens is 1. The molecule has 2 rings (SSSR count). The number of benzene rings is 2. The van der Waals surface area contributed by atoms with Gasteiger partial charge in [-0.2, -0.15) is 0 Å². The highest BCUT2D eigenvalue weighted by molar-refractivity contribution is 7.89. The lowest BCUT2D eigenvalue weighted by Gasteiger charge is -2.13. The van der Waals surface area contributed by atoms with Crippen LogP contribution in [0.4, 0.5) is 0 Å². The maximum absolute atomic E-state index is 12.4. The highest BCUT2D eigenvalue weighted by Gasteiger charge is 2.16. The number of nitrogens with one attached hydrogen (secondary N) is 1. The van der Waals surface area contributed by atoms with Crippen molar-refractivity contribution in [3.8, 4) is 5.75 Å². The first-order valence-corrected chi connectivity index (χ1v) is 9.86. The fourth-order valence-corrected chi connectivity index (χ4v) is 3.73. The molecule has 0 radical (unpaired) electrons. The number of sulfonamides is 1. The van der Waals surface area contributed by atoms with Crippen LogP contribution in [0.1, 0.15) is 30.6 Å². The molecular weight excluding hydrogens is 362 g/mol. The average molecular weight is 384 g/mol. The van der Waals surface area contributed by atoms with Gasteiger partial charge in [0.05, 0.1) is 17.6 Å². The first kappa shape index (κ1) is 19.7. The van der Waals surface area contributed by atoms with Crippen molar-refractivity contribution in [2.75, 3.05) is 13.2 Å². The van der Waals surface area contributed by atoms with E-state index in [-0.39, 0.29) is 17.9 Å². The van der Waals surface area contributed by atoms with E-state index in [1.807, 2.05) is 6.92 Å². The van der Waals surface area contributed by atoms with E-state index in [0.29, 0.717) is 22.9 Å². The minimum Gasteiger partial charge on any atom is -0.494 e. The topological polar surface area (TPSA) is 75.6 Å². The fraction of sp³-hybridized carbons (Fsp3) is 0.333. The summed E-state index contributed by atoms with van der Waals surface area (Å²) in [5.74, 6) is 0.665. The molecule has 0 fully saturated rings. The zero-order chi connectivity index (χ0) is 18.4. The van der Waals surface area contributed by atoms with Crippen LogP contribution in [0.2, 0.25) is 5.02 Å². The van der Waals surface area contributed by atoms with Gasteiger partial charge in [-0.05, 0) is 61.7 Å². The third-order valence-corrected chi connectivity index (χ3v) is 5.39. The van der Waals surface area contributed by atoms with Gasteiger partial charge in [0.2, 0.25) is 10.0 Å². The van der Waals surface area contributed by atoms with Crippen LogP contribution >= 0.6 is 11.6 Å². The first-order valence-electron chi connectivity index (χ1n) is 8.00. The molecule has 2 N–H and O–H groups in total. The molecule has 7 heteroatoms. The molecule has 0 aliphatic heterocycles. The number of hydrogen-bond acceptors (Lipinski definition) is 4. The summed E-state index contributed by atoms with van der Waals surface area (Å²) >= 11 is 5.89. The molecule has 0 aliphatic carbocycles. The molecular formula is C18H22ClNO4S. The maximum Gasteiger partial charge on any atom is 0.240 e. The fourth-order valence-electron chi connectivity index (χ4n) is 2.40. The predicted octanol–water partition coefficient (Wildman–Crippen LogP) is 3.45. The molecule has 0 aromatic heterocycles. The van der Waals surface area contributed by atoms with Crippen molar-refractivity contribution < 1.29 is 18.3 Å². The van der Waals surface area contributed by atoms with E-state index in [4.69, 9.17) is 16.3 Å². The van der Waals surface area contributed by atoms with E-state index in [9.17, 15) is 13.5 Å².